The average Bonchev–Trinajstić information content (AvgIpc) is 3.37. The summed E-state index contributed by atoms with van der Waals surface area (Å²) in [7, 11) is 0. The molecule has 2 aromatic heterocycles. The molecule has 29 heavy (non-hydrogen) atoms. The molecular weight excluding hydrogens is 368 g/mol. The zero-order chi connectivity index (χ0) is 20.2. The van der Waals surface area contributed by atoms with E-state index in [-0.39, 0.29) is 17.6 Å². The standard InChI is InChI=1S/C22H22N4O3/c1-3-28-19-11-7-10-17-12-20(29-21(17)19)15(2)23-22(27)18-14-26(25-24-18)13-16-8-5-4-6-9-16/h4-12,14-15H,3,13H2,1-2H3,(H,23,27). The number of para-hydroxylation sites is 1. The minimum Gasteiger partial charge on any atom is -0.490 e. The molecule has 0 bridgehead atoms. The highest BCUT2D eigenvalue weighted by molar-refractivity contribution is 5.92. The van der Waals surface area contributed by atoms with Crippen molar-refractivity contribution in [2.24, 2.45) is 0 Å². The monoisotopic (exact) mass is 390 g/mol. The summed E-state index contributed by atoms with van der Waals surface area (Å²) >= 11 is 0. The highest BCUT2D eigenvalue weighted by atomic mass is 16.5. The molecule has 0 aliphatic heterocycles. The molecule has 0 saturated heterocycles. The van der Waals surface area contributed by atoms with Crippen LogP contribution in [-0.2, 0) is 6.54 Å². The van der Waals surface area contributed by atoms with Crippen molar-refractivity contribution in [1.82, 2.24) is 20.3 Å². The zero-order valence-corrected chi connectivity index (χ0v) is 16.3. The number of carbonyl (C=O) groups is 1. The Hall–Kier alpha value is -3.61. The fourth-order valence-electron chi connectivity index (χ4n) is 3.13. The molecule has 4 rings (SSSR count). The molecule has 7 heteroatoms. The summed E-state index contributed by atoms with van der Waals surface area (Å²) in [6, 6.07) is 17.2. The molecule has 2 aromatic carbocycles. The van der Waals surface area contributed by atoms with Gasteiger partial charge in [0.1, 0.15) is 5.76 Å². The Bertz CT molecular complexity index is 1120. The Kier molecular flexibility index (Phi) is 5.29. The molecule has 1 N–H and O–H groups in total. The largest absolute Gasteiger partial charge is 0.490 e. The number of hydrogen-bond acceptors (Lipinski definition) is 5. The number of hydrogen-bond donors (Lipinski definition) is 1. The number of aromatic nitrogens is 3. The van der Waals surface area contributed by atoms with Gasteiger partial charge >= 0.3 is 0 Å². The number of amides is 1. The van der Waals surface area contributed by atoms with Crippen LogP contribution in [-0.4, -0.2) is 27.5 Å². The number of furan rings is 1. The number of nitrogens with one attached hydrogen (secondary N) is 1. The van der Waals surface area contributed by atoms with Crippen molar-refractivity contribution in [3.63, 3.8) is 0 Å². The zero-order valence-electron chi connectivity index (χ0n) is 16.3. The highest BCUT2D eigenvalue weighted by Gasteiger charge is 2.19. The van der Waals surface area contributed by atoms with Gasteiger partial charge in [0.2, 0.25) is 0 Å². The van der Waals surface area contributed by atoms with E-state index in [0.717, 1.165) is 10.9 Å². The number of nitrogens with zero attached hydrogens (tertiary/aromatic N) is 3. The summed E-state index contributed by atoms with van der Waals surface area (Å²) in [5, 5.41) is 11.9. The van der Waals surface area contributed by atoms with Crippen molar-refractivity contribution in [1.29, 1.82) is 0 Å². The van der Waals surface area contributed by atoms with Crippen LogP contribution >= 0.6 is 0 Å². The number of ether oxygens (including phenoxy) is 1. The minimum absolute atomic E-state index is 0.263. The molecule has 2 heterocycles. The molecule has 1 atom stereocenters. The first kappa shape index (κ1) is 18.7. The summed E-state index contributed by atoms with van der Waals surface area (Å²) in [5.41, 5.74) is 2.03. The van der Waals surface area contributed by atoms with Crippen LogP contribution in [0.4, 0.5) is 0 Å². The third-order valence-electron chi connectivity index (χ3n) is 4.56. The van der Waals surface area contributed by atoms with Crippen molar-refractivity contribution >= 4 is 16.9 Å². The fraction of sp³-hybridized carbons (Fsp3) is 0.227. The van der Waals surface area contributed by atoms with Gasteiger partial charge in [0, 0.05) is 5.39 Å². The lowest BCUT2D eigenvalue weighted by molar-refractivity contribution is 0.0930. The summed E-state index contributed by atoms with van der Waals surface area (Å²) < 4.78 is 13.2. The number of fused-ring (bicyclic) bond motifs is 1. The lowest BCUT2D eigenvalue weighted by Crippen LogP contribution is -2.26. The van der Waals surface area contributed by atoms with Gasteiger partial charge in [0.15, 0.2) is 17.0 Å². The predicted molar refractivity (Wildman–Crippen MR) is 109 cm³/mol. The second-order valence-electron chi connectivity index (χ2n) is 6.74. The van der Waals surface area contributed by atoms with E-state index in [9.17, 15) is 4.79 Å². The summed E-state index contributed by atoms with van der Waals surface area (Å²) in [6.07, 6.45) is 1.64. The normalized spacial score (nSPS) is 12.1. The van der Waals surface area contributed by atoms with Crippen molar-refractivity contribution in [2.75, 3.05) is 6.61 Å². The third-order valence-corrected chi connectivity index (χ3v) is 4.56. The molecule has 7 nitrogen and oxygen atoms in total. The molecule has 0 aliphatic rings. The van der Waals surface area contributed by atoms with Gasteiger partial charge in [0.25, 0.3) is 5.91 Å². The van der Waals surface area contributed by atoms with Crippen LogP contribution in [0, 0.1) is 0 Å². The Balaban J connectivity index is 1.46. The van der Waals surface area contributed by atoms with Crippen molar-refractivity contribution in [3.05, 3.63) is 77.8 Å². The van der Waals surface area contributed by atoms with Crippen LogP contribution in [0.1, 0.15) is 41.7 Å². The van der Waals surface area contributed by atoms with Crippen LogP contribution in [0.3, 0.4) is 0 Å². The maximum Gasteiger partial charge on any atom is 0.274 e. The van der Waals surface area contributed by atoms with Gasteiger partial charge in [-0.3, -0.25) is 4.79 Å². The average molecular weight is 390 g/mol. The van der Waals surface area contributed by atoms with Gasteiger partial charge < -0.3 is 14.5 Å². The topological polar surface area (TPSA) is 82.2 Å². The van der Waals surface area contributed by atoms with E-state index in [1.807, 2.05) is 68.4 Å². The molecule has 0 fully saturated rings. The first-order valence-electron chi connectivity index (χ1n) is 9.54. The summed E-state index contributed by atoms with van der Waals surface area (Å²) in [4.78, 5) is 12.6. The SMILES string of the molecule is CCOc1cccc2cc(C(C)NC(=O)c3cn(Cc4ccccc4)nn3)oc12. The second-order valence-corrected chi connectivity index (χ2v) is 6.74. The summed E-state index contributed by atoms with van der Waals surface area (Å²) in [6.45, 7) is 4.90. The maximum absolute atomic E-state index is 12.6. The molecule has 4 aromatic rings. The van der Waals surface area contributed by atoms with Crippen LogP contribution in [0.15, 0.2) is 65.2 Å². The molecule has 0 spiro atoms. The molecule has 1 amide bonds. The van der Waals surface area contributed by atoms with E-state index < -0.39 is 0 Å². The smallest absolute Gasteiger partial charge is 0.274 e. The lowest BCUT2D eigenvalue weighted by Gasteiger charge is -2.09. The van der Waals surface area contributed by atoms with E-state index in [2.05, 4.69) is 15.6 Å². The Morgan fingerprint density at radius 2 is 2.03 bits per heavy atom. The van der Waals surface area contributed by atoms with Crippen molar-refractivity contribution in [2.45, 2.75) is 26.4 Å². The van der Waals surface area contributed by atoms with Crippen molar-refractivity contribution in [3.8, 4) is 5.75 Å². The minimum atomic E-state index is -0.330. The number of rotatable bonds is 7. The van der Waals surface area contributed by atoms with Crippen LogP contribution in [0.5, 0.6) is 5.75 Å². The van der Waals surface area contributed by atoms with E-state index in [4.69, 9.17) is 9.15 Å². The van der Waals surface area contributed by atoms with E-state index in [1.54, 1.807) is 10.9 Å². The molecule has 0 saturated carbocycles. The van der Waals surface area contributed by atoms with Gasteiger partial charge in [-0.25, -0.2) is 4.68 Å². The van der Waals surface area contributed by atoms with Gasteiger partial charge in [-0.05, 0) is 31.5 Å². The van der Waals surface area contributed by atoms with E-state index >= 15 is 0 Å². The van der Waals surface area contributed by atoms with Crippen LogP contribution in [0.25, 0.3) is 11.0 Å². The predicted octanol–water partition coefficient (Wildman–Crippen LogP) is 3.96. The number of carbonyl (C=O) groups excluding carboxylic acids is 1. The van der Waals surface area contributed by atoms with Gasteiger partial charge in [-0.2, -0.15) is 0 Å². The quantitative estimate of drug-likeness (QED) is 0.516. The Morgan fingerprint density at radius 1 is 1.21 bits per heavy atom. The van der Waals surface area contributed by atoms with Crippen LogP contribution < -0.4 is 10.1 Å². The molecule has 0 aliphatic carbocycles. The number of benzene rings is 2. The molecule has 1 unspecified atom stereocenters. The third kappa shape index (κ3) is 4.13. The highest BCUT2D eigenvalue weighted by Crippen LogP contribution is 2.31. The lowest BCUT2D eigenvalue weighted by atomic mass is 10.2. The molecule has 148 valence electrons. The first-order valence-corrected chi connectivity index (χ1v) is 9.54. The fourth-order valence-corrected chi connectivity index (χ4v) is 3.13. The Morgan fingerprint density at radius 3 is 2.83 bits per heavy atom. The van der Waals surface area contributed by atoms with E-state index in [1.165, 1.54) is 0 Å². The summed E-state index contributed by atoms with van der Waals surface area (Å²) in [5.74, 6) is 1.04. The van der Waals surface area contributed by atoms with Crippen LogP contribution in [0.2, 0.25) is 0 Å². The maximum atomic E-state index is 12.6. The van der Waals surface area contributed by atoms with E-state index in [0.29, 0.717) is 30.2 Å². The van der Waals surface area contributed by atoms with Gasteiger partial charge in [-0.1, -0.05) is 47.7 Å². The molecule has 0 radical (unpaired) electrons. The van der Waals surface area contributed by atoms with Gasteiger partial charge in [-0.15, -0.1) is 5.10 Å². The first-order chi connectivity index (χ1) is 14.1. The van der Waals surface area contributed by atoms with Gasteiger partial charge in [0.05, 0.1) is 25.4 Å². The Labute approximate surface area is 168 Å². The second kappa shape index (κ2) is 8.18. The molecular formula is C22H22N4O3. The van der Waals surface area contributed by atoms with Crippen molar-refractivity contribution < 1.29 is 13.9 Å².